The molecule has 3 N–H and O–H groups in total. The first kappa shape index (κ1) is 35.6. The van der Waals surface area contributed by atoms with Crippen LogP contribution in [0.3, 0.4) is 0 Å². The Morgan fingerprint density at radius 2 is 0.770 bits per heavy atom. The van der Waals surface area contributed by atoms with Crippen LogP contribution in [0.4, 0.5) is 0 Å². The summed E-state index contributed by atoms with van der Waals surface area (Å²) in [6, 6.07) is 79.4. The predicted octanol–water partition coefficient (Wildman–Crippen LogP) is 13.8. The molecule has 61 heavy (non-hydrogen) atoms. The number of hydrogen-bond donors (Lipinski definition) is 3. The Hall–Kier alpha value is -7.34. The van der Waals surface area contributed by atoms with Crippen LogP contribution in [-0.2, 0) is 0 Å². The van der Waals surface area contributed by atoms with Gasteiger partial charge in [0.2, 0.25) is 0 Å². The molecular formula is C57H42N4. The standard InChI is InChI=1S/C57H42N4/c1-4-16-37(17-5-1)38-28-32-41(33-29-38)56-58-55(40-18-6-2-7-19-40)59-57(60-56)42-34-30-39(31-35-42)49-36-50-45-23-11-13-25-47(45)54-53(52(50)46-24-12-10-22-44(46)49)48-26-14-15-27-51(48)61(54)43-20-8-3-9-21-43/h1-36,55-60H. The smallest absolute Gasteiger partial charge is 0.0864 e. The fraction of sp³-hybridized carbons (Fsp3) is 0.0526. The van der Waals surface area contributed by atoms with Gasteiger partial charge in [0, 0.05) is 27.2 Å². The van der Waals surface area contributed by atoms with E-state index in [2.05, 4.69) is 239 Å². The van der Waals surface area contributed by atoms with Gasteiger partial charge in [-0.05, 0) is 84.8 Å². The lowest BCUT2D eigenvalue weighted by molar-refractivity contribution is 0.203. The molecule has 12 rings (SSSR count). The topological polar surface area (TPSA) is 41.0 Å². The van der Waals surface area contributed by atoms with Crippen molar-refractivity contribution >= 4 is 54.1 Å². The molecule has 4 nitrogen and oxygen atoms in total. The molecule has 4 heteroatoms. The molecule has 0 spiro atoms. The van der Waals surface area contributed by atoms with E-state index < -0.39 is 0 Å². The molecular weight excluding hydrogens is 741 g/mol. The van der Waals surface area contributed by atoms with Gasteiger partial charge < -0.3 is 4.57 Å². The van der Waals surface area contributed by atoms with Crippen molar-refractivity contribution in [3.8, 4) is 27.9 Å². The summed E-state index contributed by atoms with van der Waals surface area (Å²) >= 11 is 0. The van der Waals surface area contributed by atoms with Gasteiger partial charge >= 0.3 is 0 Å². The van der Waals surface area contributed by atoms with E-state index >= 15 is 0 Å². The van der Waals surface area contributed by atoms with Crippen molar-refractivity contribution in [2.45, 2.75) is 18.5 Å². The largest absolute Gasteiger partial charge is 0.309 e. The number of fused-ring (bicyclic) bond motifs is 10. The molecule has 0 amide bonds. The second kappa shape index (κ2) is 14.7. The third-order valence-electron chi connectivity index (χ3n) is 12.7. The SMILES string of the molecule is c1ccc(-c2ccc(C3NC(c4ccccc4)NC(c4ccc(-c5cc6c7ccccc7c7c(c8ccccc8n7-c7ccccc7)c6c6ccccc56)cc4)N3)cc2)cc1. The molecule has 3 unspecified atom stereocenters. The highest BCUT2D eigenvalue weighted by molar-refractivity contribution is 6.38. The number of aromatic nitrogens is 1. The minimum absolute atomic E-state index is 0.0479. The first-order valence-electron chi connectivity index (χ1n) is 21.2. The molecule has 1 aliphatic rings. The van der Waals surface area contributed by atoms with Gasteiger partial charge in [-0.15, -0.1) is 0 Å². The molecule has 290 valence electrons. The summed E-state index contributed by atoms with van der Waals surface area (Å²) in [6.45, 7) is 0. The van der Waals surface area contributed by atoms with E-state index in [-0.39, 0.29) is 18.5 Å². The Morgan fingerprint density at radius 1 is 0.311 bits per heavy atom. The molecule has 2 heterocycles. The summed E-state index contributed by atoms with van der Waals surface area (Å²) in [6.07, 6.45) is -0.205. The second-order valence-electron chi connectivity index (χ2n) is 16.2. The van der Waals surface area contributed by atoms with E-state index in [1.54, 1.807) is 0 Å². The predicted molar refractivity (Wildman–Crippen MR) is 255 cm³/mol. The van der Waals surface area contributed by atoms with Crippen LogP contribution in [0.1, 0.15) is 35.2 Å². The molecule has 0 radical (unpaired) electrons. The molecule has 0 saturated carbocycles. The van der Waals surface area contributed by atoms with Crippen LogP contribution in [0.2, 0.25) is 0 Å². The zero-order chi connectivity index (χ0) is 40.3. The molecule has 1 fully saturated rings. The fourth-order valence-corrected chi connectivity index (χ4v) is 9.83. The van der Waals surface area contributed by atoms with Crippen LogP contribution in [0, 0.1) is 0 Å². The van der Waals surface area contributed by atoms with Crippen molar-refractivity contribution in [1.29, 1.82) is 0 Å². The molecule has 1 aromatic heterocycles. The van der Waals surface area contributed by atoms with Gasteiger partial charge in [-0.25, -0.2) is 0 Å². The maximum Gasteiger partial charge on any atom is 0.0864 e. The summed E-state index contributed by atoms with van der Waals surface area (Å²) in [5.41, 5.74) is 12.1. The Morgan fingerprint density at radius 3 is 1.41 bits per heavy atom. The first-order valence-corrected chi connectivity index (χ1v) is 21.2. The Kier molecular flexibility index (Phi) is 8.60. The maximum atomic E-state index is 3.90. The second-order valence-corrected chi connectivity index (χ2v) is 16.2. The van der Waals surface area contributed by atoms with Crippen LogP contribution in [0.25, 0.3) is 82.1 Å². The van der Waals surface area contributed by atoms with Gasteiger partial charge in [0.25, 0.3) is 0 Å². The minimum Gasteiger partial charge on any atom is -0.309 e. The Labute approximate surface area is 354 Å². The lowest BCUT2D eigenvalue weighted by Crippen LogP contribution is -2.54. The third-order valence-corrected chi connectivity index (χ3v) is 12.7. The van der Waals surface area contributed by atoms with Crippen LogP contribution < -0.4 is 16.0 Å². The van der Waals surface area contributed by atoms with Crippen molar-refractivity contribution in [3.63, 3.8) is 0 Å². The van der Waals surface area contributed by atoms with Gasteiger partial charge in [0.05, 0.1) is 29.5 Å². The van der Waals surface area contributed by atoms with Crippen molar-refractivity contribution < 1.29 is 0 Å². The van der Waals surface area contributed by atoms with Gasteiger partial charge in [-0.2, -0.15) is 0 Å². The van der Waals surface area contributed by atoms with Gasteiger partial charge in [0.1, 0.15) is 0 Å². The average Bonchev–Trinajstić information content (AvgIpc) is 3.70. The highest BCUT2D eigenvalue weighted by atomic mass is 15.4. The highest BCUT2D eigenvalue weighted by Gasteiger charge is 2.30. The molecule has 3 atom stereocenters. The van der Waals surface area contributed by atoms with Gasteiger partial charge in [-0.1, -0.05) is 194 Å². The number of nitrogens with zero attached hydrogens (tertiary/aromatic N) is 1. The quantitative estimate of drug-likeness (QED) is 0.147. The van der Waals surface area contributed by atoms with Crippen LogP contribution in [-0.4, -0.2) is 4.57 Å². The van der Waals surface area contributed by atoms with Crippen molar-refractivity contribution in [3.05, 3.63) is 235 Å². The molecule has 0 bridgehead atoms. The third kappa shape index (κ3) is 6.03. The zero-order valence-electron chi connectivity index (χ0n) is 33.5. The van der Waals surface area contributed by atoms with E-state index in [4.69, 9.17) is 0 Å². The van der Waals surface area contributed by atoms with Crippen molar-refractivity contribution in [2.24, 2.45) is 0 Å². The number of benzene rings is 10. The fourth-order valence-electron chi connectivity index (χ4n) is 9.83. The van der Waals surface area contributed by atoms with Crippen molar-refractivity contribution in [2.75, 3.05) is 0 Å². The van der Waals surface area contributed by atoms with Crippen molar-refractivity contribution in [1.82, 2.24) is 20.5 Å². The van der Waals surface area contributed by atoms with Gasteiger partial charge in [-0.3, -0.25) is 16.0 Å². The summed E-state index contributed by atoms with van der Waals surface area (Å²) in [5.74, 6) is 0. The van der Waals surface area contributed by atoms with E-state index in [1.165, 1.54) is 98.8 Å². The monoisotopic (exact) mass is 782 g/mol. The first-order chi connectivity index (χ1) is 30.3. The van der Waals surface area contributed by atoms with E-state index in [1.807, 2.05) is 0 Å². The van der Waals surface area contributed by atoms with Crippen LogP contribution >= 0.6 is 0 Å². The van der Waals surface area contributed by atoms with E-state index in [0.717, 1.165) is 0 Å². The molecule has 1 saturated heterocycles. The number of nitrogens with one attached hydrogen (secondary N) is 3. The summed E-state index contributed by atoms with van der Waals surface area (Å²) in [7, 11) is 0. The summed E-state index contributed by atoms with van der Waals surface area (Å²) < 4.78 is 2.46. The maximum absolute atomic E-state index is 3.90. The molecule has 10 aromatic carbocycles. The Bertz CT molecular complexity index is 3380. The number of hydrogen-bond acceptors (Lipinski definition) is 3. The normalized spacial score (nSPS) is 16.8. The minimum atomic E-state index is -0.0909. The lowest BCUT2D eigenvalue weighted by Gasteiger charge is -2.39. The lowest BCUT2D eigenvalue weighted by atomic mass is 9.88. The van der Waals surface area contributed by atoms with E-state index in [9.17, 15) is 0 Å². The van der Waals surface area contributed by atoms with Crippen LogP contribution in [0.15, 0.2) is 218 Å². The molecule has 11 aromatic rings. The number of para-hydroxylation sites is 2. The summed E-state index contributed by atoms with van der Waals surface area (Å²) in [5, 5.41) is 21.8. The van der Waals surface area contributed by atoms with Crippen LogP contribution in [0.5, 0.6) is 0 Å². The zero-order valence-corrected chi connectivity index (χ0v) is 33.5. The number of rotatable bonds is 6. The van der Waals surface area contributed by atoms with Gasteiger partial charge in [0.15, 0.2) is 0 Å². The summed E-state index contributed by atoms with van der Waals surface area (Å²) in [4.78, 5) is 0. The Balaban J connectivity index is 0.980. The highest BCUT2D eigenvalue weighted by Crippen LogP contribution is 2.47. The van der Waals surface area contributed by atoms with E-state index in [0.29, 0.717) is 0 Å². The average molecular weight is 783 g/mol. The molecule has 1 aliphatic heterocycles. The molecule has 0 aliphatic carbocycles.